The van der Waals surface area contributed by atoms with Gasteiger partial charge in [0.25, 0.3) is 0 Å². The van der Waals surface area contributed by atoms with E-state index >= 15 is 0 Å². The molecule has 0 aliphatic rings. The van der Waals surface area contributed by atoms with Crippen LogP contribution >= 0.6 is 11.3 Å². The highest BCUT2D eigenvalue weighted by Crippen LogP contribution is 2.30. The molecular weight excluding hydrogens is 282 g/mol. The summed E-state index contributed by atoms with van der Waals surface area (Å²) >= 11 is 1.58. The summed E-state index contributed by atoms with van der Waals surface area (Å²) in [6.45, 7) is 3.96. The minimum atomic E-state index is 0.719. The molecular formula is C16H15N3OS. The van der Waals surface area contributed by atoms with Crippen molar-refractivity contribution >= 4 is 22.7 Å². The van der Waals surface area contributed by atoms with Crippen LogP contribution in [0.5, 0.6) is 0 Å². The molecule has 0 aliphatic heterocycles. The molecule has 0 amide bonds. The van der Waals surface area contributed by atoms with Gasteiger partial charge in [-0.25, -0.2) is 4.98 Å². The van der Waals surface area contributed by atoms with Crippen LogP contribution in [-0.2, 0) is 0 Å². The van der Waals surface area contributed by atoms with E-state index in [-0.39, 0.29) is 0 Å². The molecule has 2 aromatic heterocycles. The topological polar surface area (TPSA) is 50.4 Å². The number of aryl methyl sites for hydroxylation is 2. The smallest absolute Gasteiger partial charge is 0.204 e. The lowest BCUT2D eigenvalue weighted by Crippen LogP contribution is -1.89. The lowest BCUT2D eigenvalue weighted by molar-refractivity contribution is 0.528. The Morgan fingerprint density at radius 2 is 1.95 bits per heavy atom. The van der Waals surface area contributed by atoms with E-state index in [1.165, 1.54) is 0 Å². The highest BCUT2D eigenvalue weighted by molar-refractivity contribution is 7.15. The van der Waals surface area contributed by atoms with Crippen molar-refractivity contribution in [3.05, 3.63) is 58.9 Å². The standard InChI is InChI=1S/C16H15N3OS/c1-11-8-9-14(20-11)10-17-19-16-18-15(12(2)21-16)13-6-4-3-5-7-13/h3-10H,1-2H3,(H,18,19)/b17-10-. The summed E-state index contributed by atoms with van der Waals surface area (Å²) in [5, 5.41) is 4.92. The minimum Gasteiger partial charge on any atom is -0.460 e. The second kappa shape index (κ2) is 5.93. The van der Waals surface area contributed by atoms with Crippen molar-refractivity contribution in [2.75, 3.05) is 5.43 Å². The van der Waals surface area contributed by atoms with E-state index in [1.807, 2.05) is 37.3 Å². The molecule has 3 rings (SSSR count). The van der Waals surface area contributed by atoms with Crippen LogP contribution in [0.25, 0.3) is 11.3 Å². The number of hydrogen-bond acceptors (Lipinski definition) is 5. The van der Waals surface area contributed by atoms with Gasteiger partial charge in [0.1, 0.15) is 11.5 Å². The molecule has 0 saturated carbocycles. The van der Waals surface area contributed by atoms with Gasteiger partial charge in [-0.3, -0.25) is 5.43 Å². The number of anilines is 1. The second-order valence-electron chi connectivity index (χ2n) is 4.61. The van der Waals surface area contributed by atoms with E-state index in [2.05, 4.69) is 34.6 Å². The molecule has 0 atom stereocenters. The number of hydrogen-bond donors (Lipinski definition) is 1. The zero-order valence-corrected chi connectivity index (χ0v) is 12.6. The summed E-state index contributed by atoms with van der Waals surface area (Å²) in [7, 11) is 0. The van der Waals surface area contributed by atoms with Crippen LogP contribution in [0.3, 0.4) is 0 Å². The molecule has 3 aromatic rings. The van der Waals surface area contributed by atoms with Crippen molar-refractivity contribution in [1.29, 1.82) is 0 Å². The Morgan fingerprint density at radius 3 is 2.67 bits per heavy atom. The van der Waals surface area contributed by atoms with E-state index in [1.54, 1.807) is 17.6 Å². The first-order chi connectivity index (χ1) is 10.2. The van der Waals surface area contributed by atoms with Crippen LogP contribution in [0.15, 0.2) is 52.0 Å². The predicted molar refractivity (Wildman–Crippen MR) is 86.9 cm³/mol. The Bertz CT molecular complexity index is 759. The minimum absolute atomic E-state index is 0.719. The predicted octanol–water partition coefficient (Wildman–Crippen LogP) is 4.47. The highest BCUT2D eigenvalue weighted by atomic mass is 32.1. The molecule has 0 radical (unpaired) electrons. The average Bonchev–Trinajstić information content (AvgIpc) is 3.06. The van der Waals surface area contributed by atoms with Crippen LogP contribution in [0.2, 0.25) is 0 Å². The summed E-state index contributed by atoms with van der Waals surface area (Å²) < 4.78 is 5.41. The maximum Gasteiger partial charge on any atom is 0.204 e. The quantitative estimate of drug-likeness (QED) is 0.571. The van der Waals surface area contributed by atoms with Crippen LogP contribution in [-0.4, -0.2) is 11.2 Å². The summed E-state index contributed by atoms with van der Waals surface area (Å²) in [6.07, 6.45) is 1.64. The summed E-state index contributed by atoms with van der Waals surface area (Å²) in [5.41, 5.74) is 5.06. The molecule has 0 unspecified atom stereocenters. The number of nitrogens with zero attached hydrogens (tertiary/aromatic N) is 2. The Morgan fingerprint density at radius 1 is 1.14 bits per heavy atom. The van der Waals surface area contributed by atoms with Gasteiger partial charge in [0, 0.05) is 10.4 Å². The van der Waals surface area contributed by atoms with Crippen molar-refractivity contribution in [3.8, 4) is 11.3 Å². The first kappa shape index (κ1) is 13.6. The fraction of sp³-hybridized carbons (Fsp3) is 0.125. The van der Waals surface area contributed by atoms with Gasteiger partial charge in [-0.05, 0) is 26.0 Å². The SMILES string of the molecule is Cc1ccc(/C=N\Nc2nc(-c3ccccc3)c(C)s2)o1. The van der Waals surface area contributed by atoms with E-state index in [9.17, 15) is 0 Å². The average molecular weight is 297 g/mol. The largest absolute Gasteiger partial charge is 0.460 e. The molecule has 21 heavy (non-hydrogen) atoms. The van der Waals surface area contributed by atoms with Gasteiger partial charge in [-0.15, -0.1) is 11.3 Å². The third-order valence-corrected chi connectivity index (χ3v) is 3.83. The Labute approximate surface area is 127 Å². The number of benzene rings is 1. The van der Waals surface area contributed by atoms with E-state index < -0.39 is 0 Å². The number of hydrazone groups is 1. The van der Waals surface area contributed by atoms with Gasteiger partial charge in [0.15, 0.2) is 0 Å². The molecule has 0 bridgehead atoms. The van der Waals surface area contributed by atoms with E-state index in [4.69, 9.17) is 4.42 Å². The molecule has 1 aromatic carbocycles. The van der Waals surface area contributed by atoms with Crippen LogP contribution in [0, 0.1) is 13.8 Å². The molecule has 0 fully saturated rings. The van der Waals surface area contributed by atoms with Gasteiger partial charge in [0.2, 0.25) is 5.13 Å². The van der Waals surface area contributed by atoms with Gasteiger partial charge in [0.05, 0.1) is 11.9 Å². The van der Waals surface area contributed by atoms with Crippen molar-refractivity contribution in [2.24, 2.45) is 5.10 Å². The Kier molecular flexibility index (Phi) is 3.83. The molecule has 0 saturated heterocycles. The van der Waals surface area contributed by atoms with Crippen LogP contribution < -0.4 is 5.43 Å². The Balaban J connectivity index is 1.74. The third-order valence-electron chi connectivity index (χ3n) is 2.96. The maximum atomic E-state index is 5.41. The molecule has 1 N–H and O–H groups in total. The summed E-state index contributed by atoms with van der Waals surface area (Å²) in [5.74, 6) is 1.59. The van der Waals surface area contributed by atoms with Crippen LogP contribution in [0.4, 0.5) is 5.13 Å². The number of furan rings is 1. The Hall–Kier alpha value is -2.40. The lowest BCUT2D eigenvalue weighted by atomic mass is 10.1. The lowest BCUT2D eigenvalue weighted by Gasteiger charge is -1.96. The van der Waals surface area contributed by atoms with Gasteiger partial charge < -0.3 is 4.42 Å². The first-order valence-electron chi connectivity index (χ1n) is 6.61. The number of aromatic nitrogens is 1. The number of thiazole rings is 1. The van der Waals surface area contributed by atoms with Gasteiger partial charge in [-0.2, -0.15) is 5.10 Å². The van der Waals surface area contributed by atoms with Gasteiger partial charge in [-0.1, -0.05) is 30.3 Å². The molecule has 106 valence electrons. The third kappa shape index (κ3) is 3.20. The summed E-state index contributed by atoms with van der Waals surface area (Å²) in [6, 6.07) is 13.9. The second-order valence-corrected chi connectivity index (χ2v) is 5.81. The van der Waals surface area contributed by atoms with Crippen molar-refractivity contribution < 1.29 is 4.42 Å². The van der Waals surface area contributed by atoms with Crippen molar-refractivity contribution in [2.45, 2.75) is 13.8 Å². The van der Waals surface area contributed by atoms with E-state index in [0.717, 1.165) is 32.8 Å². The molecule has 2 heterocycles. The van der Waals surface area contributed by atoms with Crippen LogP contribution in [0.1, 0.15) is 16.4 Å². The van der Waals surface area contributed by atoms with Crippen molar-refractivity contribution in [1.82, 2.24) is 4.98 Å². The maximum absolute atomic E-state index is 5.41. The van der Waals surface area contributed by atoms with Gasteiger partial charge >= 0.3 is 0 Å². The number of nitrogens with one attached hydrogen (secondary N) is 1. The first-order valence-corrected chi connectivity index (χ1v) is 7.42. The highest BCUT2D eigenvalue weighted by Gasteiger charge is 2.08. The molecule has 0 aliphatic carbocycles. The fourth-order valence-corrected chi connectivity index (χ4v) is 2.77. The number of rotatable bonds is 4. The zero-order valence-electron chi connectivity index (χ0n) is 11.8. The zero-order chi connectivity index (χ0) is 14.7. The fourth-order valence-electron chi connectivity index (χ4n) is 1.98. The molecule has 0 spiro atoms. The van der Waals surface area contributed by atoms with Crippen molar-refractivity contribution in [3.63, 3.8) is 0 Å². The molecule has 5 heteroatoms. The van der Waals surface area contributed by atoms with E-state index in [0.29, 0.717) is 0 Å². The normalized spacial score (nSPS) is 11.1. The monoisotopic (exact) mass is 297 g/mol. The molecule has 4 nitrogen and oxygen atoms in total. The summed E-state index contributed by atoms with van der Waals surface area (Å²) in [4.78, 5) is 5.74.